The Hall–Kier alpha value is -3.43. The smallest absolute Gasteiger partial charge is 0.396 e. The molecule has 9 heteroatoms. The number of carbonyl (C=O) groups is 1. The standard InChI is InChI=1S/C28H29F3N4O2/c29-28(30,31)22-4-6-24(7-5-22)35-11-10-34(16-18-1-2-18)17-21-13-19(3-8-26(21)35)20-14-23(9-12-36)33-25(15-20)27(32)37/h3-8,13-15,18,36H,1-2,9-12,16-17H2,(H2,32,37). The third-order valence-corrected chi connectivity index (χ3v) is 6.96. The van der Waals surface area contributed by atoms with Crippen LogP contribution < -0.4 is 10.6 Å². The Morgan fingerprint density at radius 3 is 2.43 bits per heavy atom. The molecular formula is C28H29F3N4O2. The van der Waals surface area contributed by atoms with E-state index in [4.69, 9.17) is 5.73 Å². The van der Waals surface area contributed by atoms with Crippen molar-refractivity contribution in [3.63, 3.8) is 0 Å². The monoisotopic (exact) mass is 510 g/mol. The van der Waals surface area contributed by atoms with Crippen LogP contribution in [-0.2, 0) is 19.1 Å². The summed E-state index contributed by atoms with van der Waals surface area (Å²) in [4.78, 5) is 20.6. The van der Waals surface area contributed by atoms with E-state index in [1.54, 1.807) is 6.07 Å². The Kier molecular flexibility index (Phi) is 6.92. The number of carbonyl (C=O) groups excluding carboxylic acids is 1. The molecule has 2 aromatic carbocycles. The van der Waals surface area contributed by atoms with Gasteiger partial charge in [0.25, 0.3) is 5.91 Å². The molecule has 0 saturated heterocycles. The van der Waals surface area contributed by atoms with Crippen molar-refractivity contribution in [3.05, 3.63) is 77.1 Å². The molecule has 6 nitrogen and oxygen atoms in total. The molecule has 3 N–H and O–H groups in total. The number of nitrogens with zero attached hydrogens (tertiary/aromatic N) is 3. The topological polar surface area (TPSA) is 82.7 Å². The van der Waals surface area contributed by atoms with Crippen molar-refractivity contribution in [3.8, 4) is 11.1 Å². The fourth-order valence-corrected chi connectivity index (χ4v) is 4.88. The van der Waals surface area contributed by atoms with Crippen LogP contribution in [0.5, 0.6) is 0 Å². The van der Waals surface area contributed by atoms with Crippen molar-refractivity contribution < 1.29 is 23.1 Å². The maximum atomic E-state index is 13.1. The highest BCUT2D eigenvalue weighted by molar-refractivity contribution is 5.92. The summed E-state index contributed by atoms with van der Waals surface area (Å²) in [6.07, 6.45) is -1.62. The highest BCUT2D eigenvalue weighted by Gasteiger charge is 2.31. The summed E-state index contributed by atoms with van der Waals surface area (Å²) in [5.41, 5.74) is 9.90. The van der Waals surface area contributed by atoms with Crippen molar-refractivity contribution >= 4 is 17.3 Å². The van der Waals surface area contributed by atoms with Gasteiger partial charge in [0.05, 0.1) is 5.56 Å². The van der Waals surface area contributed by atoms with Crippen LogP contribution in [0.25, 0.3) is 11.1 Å². The molecule has 0 radical (unpaired) electrons. The molecule has 3 aromatic rings. The van der Waals surface area contributed by atoms with Crippen molar-refractivity contribution in [1.82, 2.24) is 9.88 Å². The number of benzene rings is 2. The summed E-state index contributed by atoms with van der Waals surface area (Å²) in [7, 11) is 0. The number of aliphatic hydroxyl groups is 1. The number of halogens is 3. The number of nitrogens with two attached hydrogens (primary N) is 1. The molecule has 2 aliphatic rings. The molecule has 5 rings (SSSR count). The molecule has 1 saturated carbocycles. The number of hydrogen-bond acceptors (Lipinski definition) is 5. The van der Waals surface area contributed by atoms with Crippen LogP contribution >= 0.6 is 0 Å². The third-order valence-electron chi connectivity index (χ3n) is 6.96. The van der Waals surface area contributed by atoms with E-state index < -0.39 is 17.6 Å². The van der Waals surface area contributed by atoms with Gasteiger partial charge in [0.2, 0.25) is 0 Å². The minimum atomic E-state index is -4.38. The minimum Gasteiger partial charge on any atom is -0.396 e. The lowest BCUT2D eigenvalue weighted by Gasteiger charge is -2.26. The largest absolute Gasteiger partial charge is 0.416 e. The van der Waals surface area contributed by atoms with Crippen molar-refractivity contribution in [1.29, 1.82) is 0 Å². The molecule has 1 fully saturated rings. The number of pyridine rings is 1. The van der Waals surface area contributed by atoms with E-state index in [9.17, 15) is 23.1 Å². The molecule has 1 aliphatic carbocycles. The molecule has 0 spiro atoms. The van der Waals surface area contributed by atoms with Gasteiger partial charge in [0, 0.05) is 56.3 Å². The number of aromatic nitrogens is 1. The van der Waals surface area contributed by atoms with E-state index in [1.807, 2.05) is 18.2 Å². The molecule has 0 unspecified atom stereocenters. The van der Waals surface area contributed by atoms with Gasteiger partial charge >= 0.3 is 6.18 Å². The van der Waals surface area contributed by atoms with Crippen LogP contribution in [0.2, 0.25) is 0 Å². The number of alkyl halides is 3. The van der Waals surface area contributed by atoms with Crippen LogP contribution in [0.4, 0.5) is 24.5 Å². The second kappa shape index (κ2) is 10.1. The lowest BCUT2D eigenvalue weighted by atomic mass is 9.99. The normalized spacial score (nSPS) is 16.4. The number of rotatable bonds is 7. The average Bonchev–Trinajstić information content (AvgIpc) is 3.70. The Morgan fingerprint density at radius 1 is 1.03 bits per heavy atom. The summed E-state index contributed by atoms with van der Waals surface area (Å²) in [5.74, 6) is 0.0588. The number of aliphatic hydroxyl groups excluding tert-OH is 1. The van der Waals surface area contributed by atoms with Crippen molar-refractivity contribution in [2.45, 2.75) is 32.0 Å². The molecule has 37 heavy (non-hydrogen) atoms. The van der Waals surface area contributed by atoms with E-state index in [2.05, 4.69) is 20.9 Å². The molecule has 194 valence electrons. The number of fused-ring (bicyclic) bond motifs is 1. The fraction of sp³-hybridized carbons (Fsp3) is 0.357. The second-order valence-electron chi connectivity index (χ2n) is 9.79. The molecule has 2 heterocycles. The average molecular weight is 511 g/mol. The zero-order valence-corrected chi connectivity index (χ0v) is 20.3. The number of primary amides is 1. The van der Waals surface area contributed by atoms with Gasteiger partial charge in [-0.1, -0.05) is 6.07 Å². The maximum Gasteiger partial charge on any atom is 0.416 e. The predicted molar refractivity (Wildman–Crippen MR) is 135 cm³/mol. The van der Waals surface area contributed by atoms with Gasteiger partial charge in [0.15, 0.2) is 0 Å². The zero-order chi connectivity index (χ0) is 26.2. The van der Waals surface area contributed by atoms with E-state index in [0.717, 1.165) is 47.6 Å². The quantitative estimate of drug-likeness (QED) is 0.479. The lowest BCUT2D eigenvalue weighted by Crippen LogP contribution is -2.30. The first-order chi connectivity index (χ1) is 17.7. The predicted octanol–water partition coefficient (Wildman–Crippen LogP) is 4.76. The van der Waals surface area contributed by atoms with Crippen LogP contribution in [0.3, 0.4) is 0 Å². The first-order valence-electron chi connectivity index (χ1n) is 12.4. The fourth-order valence-electron chi connectivity index (χ4n) is 4.88. The van der Waals surface area contributed by atoms with Gasteiger partial charge in [-0.05, 0) is 84.0 Å². The number of amides is 1. The van der Waals surface area contributed by atoms with Crippen molar-refractivity contribution in [2.24, 2.45) is 11.7 Å². The van der Waals surface area contributed by atoms with E-state index in [1.165, 1.54) is 25.0 Å². The van der Waals surface area contributed by atoms with Crippen molar-refractivity contribution in [2.75, 3.05) is 31.1 Å². The Balaban J connectivity index is 1.54. The summed E-state index contributed by atoms with van der Waals surface area (Å²) in [5, 5.41) is 9.38. The van der Waals surface area contributed by atoms with Crippen LogP contribution in [0, 0.1) is 5.92 Å². The van der Waals surface area contributed by atoms with Gasteiger partial charge in [-0.3, -0.25) is 9.69 Å². The van der Waals surface area contributed by atoms with Gasteiger partial charge in [-0.25, -0.2) is 4.98 Å². The van der Waals surface area contributed by atoms with Crippen LogP contribution in [0.1, 0.15) is 40.2 Å². The second-order valence-corrected chi connectivity index (χ2v) is 9.79. The highest BCUT2D eigenvalue weighted by atomic mass is 19.4. The first kappa shape index (κ1) is 25.2. The van der Waals surface area contributed by atoms with Crippen LogP contribution in [0.15, 0.2) is 54.6 Å². The maximum absolute atomic E-state index is 13.1. The van der Waals surface area contributed by atoms with Crippen LogP contribution in [-0.4, -0.2) is 47.1 Å². The Bertz CT molecular complexity index is 1290. The minimum absolute atomic E-state index is 0.100. The van der Waals surface area contributed by atoms with Gasteiger partial charge < -0.3 is 15.7 Å². The number of hydrogen-bond donors (Lipinski definition) is 2. The third kappa shape index (κ3) is 5.78. The first-order valence-corrected chi connectivity index (χ1v) is 12.4. The van der Waals surface area contributed by atoms with E-state index in [0.29, 0.717) is 36.8 Å². The van der Waals surface area contributed by atoms with Gasteiger partial charge in [-0.15, -0.1) is 0 Å². The van der Waals surface area contributed by atoms with E-state index >= 15 is 0 Å². The van der Waals surface area contributed by atoms with Gasteiger partial charge in [-0.2, -0.15) is 13.2 Å². The summed E-state index contributed by atoms with van der Waals surface area (Å²) in [6, 6.07) is 14.8. The molecule has 1 amide bonds. The highest BCUT2D eigenvalue weighted by Crippen LogP contribution is 2.38. The molecular weight excluding hydrogens is 481 g/mol. The number of anilines is 2. The zero-order valence-electron chi connectivity index (χ0n) is 20.3. The Labute approximate surface area is 213 Å². The molecule has 0 bridgehead atoms. The molecule has 1 aromatic heterocycles. The summed E-state index contributed by atoms with van der Waals surface area (Å²) in [6.45, 7) is 3.06. The molecule has 0 atom stereocenters. The SMILES string of the molecule is NC(=O)c1cc(-c2ccc3c(c2)CN(CC2CC2)CCN3c2ccc(C(F)(F)F)cc2)cc(CCO)n1. The summed E-state index contributed by atoms with van der Waals surface area (Å²) < 4.78 is 39.4. The van der Waals surface area contributed by atoms with E-state index in [-0.39, 0.29) is 12.3 Å². The lowest BCUT2D eigenvalue weighted by molar-refractivity contribution is -0.137. The molecule has 1 aliphatic heterocycles. The summed E-state index contributed by atoms with van der Waals surface area (Å²) >= 11 is 0. The van der Waals surface area contributed by atoms with Gasteiger partial charge in [0.1, 0.15) is 5.69 Å². The Morgan fingerprint density at radius 2 is 1.78 bits per heavy atom.